The molecule has 2 aromatic rings. The topological polar surface area (TPSA) is 102 Å². The number of alkyl halides is 3. The summed E-state index contributed by atoms with van der Waals surface area (Å²) in [5.41, 5.74) is -3.43. The maximum atomic E-state index is 14.4. The van der Waals surface area contributed by atoms with E-state index in [1.807, 2.05) is 0 Å². The molecule has 1 aromatic heterocycles. The SMILES string of the molecule is COc1cccc(Cl)c1C(=O)CN(CC(C)(C)C)C(=O)c1cnn(C2CCC(C)(C(=O)O)CC2)c1C(F)(F)F. The van der Waals surface area contributed by atoms with Gasteiger partial charge in [0, 0.05) is 6.54 Å². The van der Waals surface area contributed by atoms with Gasteiger partial charge < -0.3 is 14.7 Å². The monoisotopic (exact) mass is 571 g/mol. The van der Waals surface area contributed by atoms with E-state index in [-0.39, 0.29) is 48.6 Å². The van der Waals surface area contributed by atoms with Crippen LogP contribution in [0.5, 0.6) is 5.75 Å². The Morgan fingerprint density at radius 1 is 1.21 bits per heavy atom. The Morgan fingerprint density at radius 2 is 1.82 bits per heavy atom. The summed E-state index contributed by atoms with van der Waals surface area (Å²) in [6, 6.07) is 3.88. The Kier molecular flexibility index (Phi) is 8.74. The second kappa shape index (κ2) is 11.2. The van der Waals surface area contributed by atoms with Crippen LogP contribution >= 0.6 is 11.6 Å². The van der Waals surface area contributed by atoms with Crippen LogP contribution in [-0.2, 0) is 11.0 Å². The molecule has 1 N–H and O–H groups in total. The van der Waals surface area contributed by atoms with Crippen LogP contribution in [0.2, 0.25) is 5.02 Å². The van der Waals surface area contributed by atoms with E-state index in [1.165, 1.54) is 19.2 Å². The van der Waals surface area contributed by atoms with Gasteiger partial charge in [0.1, 0.15) is 5.75 Å². The number of carboxylic acids is 1. The third-order valence-corrected chi connectivity index (χ3v) is 7.29. The molecule has 1 fully saturated rings. The first-order chi connectivity index (χ1) is 18.0. The molecule has 0 aliphatic heterocycles. The quantitative estimate of drug-likeness (QED) is 0.382. The Bertz CT molecular complexity index is 1240. The zero-order valence-electron chi connectivity index (χ0n) is 22.6. The molecule has 39 heavy (non-hydrogen) atoms. The molecule has 3 rings (SSSR count). The Balaban J connectivity index is 1.99. The normalized spacial score (nSPS) is 20.0. The van der Waals surface area contributed by atoms with E-state index in [0.717, 1.165) is 15.8 Å². The molecule has 0 radical (unpaired) electrons. The fourth-order valence-electron chi connectivity index (χ4n) is 4.92. The molecule has 0 bridgehead atoms. The summed E-state index contributed by atoms with van der Waals surface area (Å²) in [6.45, 7) is 6.41. The van der Waals surface area contributed by atoms with Gasteiger partial charge in [-0.05, 0) is 50.2 Å². The molecule has 1 aliphatic rings. The molecule has 8 nitrogen and oxygen atoms in total. The minimum atomic E-state index is -4.92. The molecule has 0 unspecified atom stereocenters. The van der Waals surface area contributed by atoms with Crippen molar-refractivity contribution in [3.8, 4) is 5.75 Å². The Hall–Kier alpha value is -3.08. The van der Waals surface area contributed by atoms with Crippen molar-refractivity contribution < 1.29 is 37.4 Å². The maximum absolute atomic E-state index is 14.4. The first kappa shape index (κ1) is 30.5. The molecular formula is C27H33ClF3N3O5. The van der Waals surface area contributed by atoms with Crippen molar-refractivity contribution >= 4 is 29.3 Å². The second-order valence-electron chi connectivity index (χ2n) is 11.4. The highest BCUT2D eigenvalue weighted by atomic mass is 35.5. The van der Waals surface area contributed by atoms with Gasteiger partial charge in [-0.3, -0.25) is 19.1 Å². The molecule has 1 saturated carbocycles. The predicted octanol–water partition coefficient (Wildman–Crippen LogP) is 6.14. The summed E-state index contributed by atoms with van der Waals surface area (Å²) in [5, 5.41) is 13.5. The highest BCUT2D eigenvalue weighted by Crippen LogP contribution is 2.43. The van der Waals surface area contributed by atoms with E-state index in [9.17, 15) is 32.7 Å². The molecule has 12 heteroatoms. The number of methoxy groups -OCH3 is 1. The van der Waals surface area contributed by atoms with E-state index >= 15 is 0 Å². The van der Waals surface area contributed by atoms with Gasteiger partial charge in [-0.2, -0.15) is 18.3 Å². The van der Waals surface area contributed by atoms with Gasteiger partial charge in [0.25, 0.3) is 5.91 Å². The fraction of sp³-hybridized carbons (Fsp3) is 0.556. The molecule has 1 amide bonds. The molecule has 1 aliphatic carbocycles. The number of benzene rings is 1. The van der Waals surface area contributed by atoms with Crippen molar-refractivity contribution in [1.29, 1.82) is 0 Å². The van der Waals surface area contributed by atoms with Crippen LogP contribution in [0, 0.1) is 10.8 Å². The Labute approximate surface area is 230 Å². The number of carbonyl (C=O) groups excluding carboxylic acids is 2. The number of nitrogens with zero attached hydrogens (tertiary/aromatic N) is 3. The molecule has 0 spiro atoms. The van der Waals surface area contributed by atoms with Crippen molar-refractivity contribution in [1.82, 2.24) is 14.7 Å². The van der Waals surface area contributed by atoms with E-state index in [0.29, 0.717) is 0 Å². The highest BCUT2D eigenvalue weighted by Gasteiger charge is 2.45. The zero-order valence-corrected chi connectivity index (χ0v) is 23.3. The Morgan fingerprint density at radius 3 is 2.33 bits per heavy atom. The fourth-order valence-corrected chi connectivity index (χ4v) is 5.19. The number of Topliss-reactive ketones (excluding diaryl/α,β-unsaturated/α-hetero) is 1. The van der Waals surface area contributed by atoms with Crippen molar-refractivity contribution in [2.75, 3.05) is 20.2 Å². The number of carbonyl (C=O) groups is 3. The van der Waals surface area contributed by atoms with Crippen LogP contribution in [0.15, 0.2) is 24.4 Å². The lowest BCUT2D eigenvalue weighted by molar-refractivity contribution is -0.152. The van der Waals surface area contributed by atoms with Crippen molar-refractivity contribution in [2.45, 2.75) is 65.6 Å². The number of amides is 1. The molecule has 214 valence electrons. The number of aliphatic carboxylic acids is 1. The van der Waals surface area contributed by atoms with Gasteiger partial charge in [-0.25, -0.2) is 0 Å². The van der Waals surface area contributed by atoms with Gasteiger partial charge in [-0.1, -0.05) is 38.4 Å². The standard InChI is InChI=1S/C27H33ClF3N3O5/c1-25(2,3)15-33(14-19(35)21-18(28)7-6-8-20(21)39-5)23(36)17-13-32-34(22(17)27(29,30)31)16-9-11-26(4,12-10-16)24(37)38/h6-8,13,16H,9-12,14-15H2,1-5H3,(H,37,38). The average Bonchev–Trinajstić information content (AvgIpc) is 3.28. The lowest BCUT2D eigenvalue weighted by Gasteiger charge is -2.34. The summed E-state index contributed by atoms with van der Waals surface area (Å²) in [6.07, 6.45) is -3.35. The largest absolute Gasteiger partial charge is 0.496 e. The number of ether oxygens (including phenoxy) is 1. The van der Waals surface area contributed by atoms with Crippen molar-refractivity contribution in [3.63, 3.8) is 0 Å². The van der Waals surface area contributed by atoms with Crippen LogP contribution in [0.3, 0.4) is 0 Å². The minimum Gasteiger partial charge on any atom is -0.496 e. The summed E-state index contributed by atoms with van der Waals surface area (Å²) in [7, 11) is 1.36. The number of halogens is 4. The molecule has 0 atom stereocenters. The van der Waals surface area contributed by atoms with E-state index in [4.69, 9.17) is 16.3 Å². The number of rotatable bonds is 8. The predicted molar refractivity (Wildman–Crippen MR) is 138 cm³/mol. The number of hydrogen-bond donors (Lipinski definition) is 1. The van der Waals surface area contributed by atoms with E-state index in [2.05, 4.69) is 5.10 Å². The summed E-state index contributed by atoms with van der Waals surface area (Å²) in [4.78, 5) is 39.6. The van der Waals surface area contributed by atoms with Gasteiger partial charge in [-0.15, -0.1) is 0 Å². The van der Waals surface area contributed by atoms with Crippen LogP contribution in [-0.4, -0.2) is 57.6 Å². The van der Waals surface area contributed by atoms with Crippen LogP contribution in [0.25, 0.3) is 0 Å². The first-order valence-electron chi connectivity index (χ1n) is 12.5. The number of hydrogen-bond acceptors (Lipinski definition) is 5. The molecular weight excluding hydrogens is 539 g/mol. The number of aromatic nitrogens is 2. The van der Waals surface area contributed by atoms with Gasteiger partial charge in [0.2, 0.25) is 0 Å². The average molecular weight is 572 g/mol. The van der Waals surface area contributed by atoms with Crippen molar-refractivity contribution in [3.05, 3.63) is 46.2 Å². The number of carboxylic acid groups (broad SMARTS) is 1. The minimum absolute atomic E-state index is 0.0206. The lowest BCUT2D eigenvalue weighted by atomic mass is 9.74. The summed E-state index contributed by atoms with van der Waals surface area (Å²) >= 11 is 6.23. The maximum Gasteiger partial charge on any atom is 0.433 e. The third-order valence-electron chi connectivity index (χ3n) is 6.98. The van der Waals surface area contributed by atoms with Crippen molar-refractivity contribution in [2.24, 2.45) is 10.8 Å². The van der Waals surface area contributed by atoms with Gasteiger partial charge in [0.05, 0.1) is 47.5 Å². The zero-order chi connectivity index (χ0) is 29.3. The highest BCUT2D eigenvalue weighted by molar-refractivity contribution is 6.34. The molecule has 0 saturated heterocycles. The smallest absolute Gasteiger partial charge is 0.433 e. The van der Waals surface area contributed by atoms with Crippen LogP contribution < -0.4 is 4.74 Å². The van der Waals surface area contributed by atoms with E-state index in [1.54, 1.807) is 33.8 Å². The van der Waals surface area contributed by atoms with Gasteiger partial charge >= 0.3 is 12.1 Å². The molecule has 1 aromatic carbocycles. The van der Waals surface area contributed by atoms with Gasteiger partial charge in [0.15, 0.2) is 11.5 Å². The van der Waals surface area contributed by atoms with Crippen LogP contribution in [0.4, 0.5) is 13.2 Å². The lowest BCUT2D eigenvalue weighted by Crippen LogP contribution is -2.42. The van der Waals surface area contributed by atoms with E-state index < -0.39 is 58.5 Å². The second-order valence-corrected chi connectivity index (χ2v) is 11.8. The summed E-state index contributed by atoms with van der Waals surface area (Å²) in [5.74, 6) is -2.39. The van der Waals surface area contributed by atoms with Crippen LogP contribution in [0.1, 0.15) is 85.8 Å². The number of ketones is 1. The third kappa shape index (κ3) is 6.74. The first-order valence-corrected chi connectivity index (χ1v) is 12.9. The summed E-state index contributed by atoms with van der Waals surface area (Å²) < 4.78 is 49.2. The molecule has 1 heterocycles.